The average Bonchev–Trinajstić information content (AvgIpc) is 3.99. The fourth-order valence-corrected chi connectivity index (χ4v) is 5.94. The number of anilines is 4. The third kappa shape index (κ3) is 9.17. The highest BCUT2D eigenvalue weighted by Crippen LogP contribution is 2.29. The van der Waals surface area contributed by atoms with Crippen LogP contribution in [0.4, 0.5) is 23.9 Å². The molecule has 0 aliphatic heterocycles. The highest BCUT2D eigenvalue weighted by atomic mass is 16.5. The Morgan fingerprint density at radius 3 is 1.61 bits per heavy atom. The Morgan fingerprint density at radius 2 is 1.14 bits per heavy atom. The van der Waals surface area contributed by atoms with Crippen molar-refractivity contribution in [1.82, 2.24) is 34.4 Å². The number of aromatic nitrogens is 6. The maximum atomic E-state index is 12.1. The molecule has 0 saturated carbocycles. The van der Waals surface area contributed by atoms with Crippen LogP contribution in [0.5, 0.6) is 11.5 Å². The minimum absolute atomic E-state index is 0.114. The molecule has 1 amide bonds. The Balaban J connectivity index is 0.000000180. The van der Waals surface area contributed by atoms with Gasteiger partial charge in [-0.1, -0.05) is 0 Å². The number of benzene rings is 4. The zero-order valence-electron chi connectivity index (χ0n) is 32.5. The number of oxazole rings is 2. The number of carbonyl (C=O) groups excluding carboxylic acids is 1. The molecule has 0 radical (unpaired) electrons. The lowest BCUT2D eigenvalue weighted by Crippen LogP contribution is -2.26. The van der Waals surface area contributed by atoms with Crippen molar-refractivity contribution in [3.8, 4) is 11.5 Å². The molecule has 4 aromatic carbocycles. The molecule has 0 aliphatic carbocycles. The number of carboxylic acids is 1. The van der Waals surface area contributed by atoms with E-state index in [9.17, 15) is 9.59 Å². The van der Waals surface area contributed by atoms with Gasteiger partial charge in [-0.05, 0) is 60.7 Å². The summed E-state index contributed by atoms with van der Waals surface area (Å²) < 4.78 is 36.3. The van der Waals surface area contributed by atoms with Gasteiger partial charge in [0.2, 0.25) is 11.9 Å². The minimum atomic E-state index is -0.996. The van der Waals surface area contributed by atoms with E-state index in [1.165, 1.54) is 6.07 Å². The Morgan fingerprint density at radius 1 is 0.644 bits per heavy atom. The van der Waals surface area contributed by atoms with Gasteiger partial charge >= 0.3 is 18.0 Å². The lowest BCUT2D eigenvalue weighted by atomic mass is 10.2. The van der Waals surface area contributed by atoms with E-state index in [-0.39, 0.29) is 30.6 Å². The number of carbonyl (C=O) groups is 2. The van der Waals surface area contributed by atoms with Crippen molar-refractivity contribution in [2.75, 3.05) is 64.4 Å². The molecule has 0 unspecified atom stereocenters. The van der Waals surface area contributed by atoms with E-state index in [0.29, 0.717) is 94.6 Å². The van der Waals surface area contributed by atoms with Crippen LogP contribution in [-0.4, -0.2) is 105 Å². The van der Waals surface area contributed by atoms with Gasteiger partial charge in [-0.25, -0.2) is 14.8 Å². The van der Waals surface area contributed by atoms with Crippen molar-refractivity contribution in [1.29, 1.82) is 0 Å². The molecule has 0 saturated heterocycles. The topological polar surface area (TPSA) is 235 Å². The molecule has 0 spiro atoms. The monoisotopic (exact) mass is 807 g/mol. The first-order chi connectivity index (χ1) is 28.6. The maximum Gasteiger partial charge on any atom is 0.335 e. The summed E-state index contributed by atoms with van der Waals surface area (Å²) >= 11 is 0. The first kappa shape index (κ1) is 40.0. The number of aliphatic hydroxyl groups is 1. The number of rotatable bonds is 16. The van der Waals surface area contributed by atoms with Crippen LogP contribution < -0.4 is 25.4 Å². The number of imidazole rings is 2. The van der Waals surface area contributed by atoms with E-state index in [1.54, 1.807) is 61.3 Å². The van der Waals surface area contributed by atoms with Crippen LogP contribution in [0.3, 0.4) is 0 Å². The summed E-state index contributed by atoms with van der Waals surface area (Å²) in [6, 6.07) is 21.4. The lowest BCUT2D eigenvalue weighted by molar-refractivity contribution is 0.0696. The SMILES string of the molecule is COCCOc1ccc2nc(Nc3nc4cc(C(=O)NCCO)ccc4n3C)oc2c1.COCCOc1ccc2nc(Nc3nc4cc(C(=O)O)ccc4n3C)oc2c1. The molecule has 4 aromatic heterocycles. The van der Waals surface area contributed by atoms with Crippen molar-refractivity contribution in [3.05, 3.63) is 83.9 Å². The van der Waals surface area contributed by atoms with Crippen LogP contribution in [-0.2, 0) is 23.6 Å². The number of amides is 1. The van der Waals surface area contributed by atoms with Crippen molar-refractivity contribution in [2.45, 2.75) is 0 Å². The number of aromatic carboxylic acids is 1. The first-order valence-electron chi connectivity index (χ1n) is 18.3. The third-order valence-corrected chi connectivity index (χ3v) is 8.94. The molecule has 306 valence electrons. The predicted molar refractivity (Wildman–Crippen MR) is 217 cm³/mol. The standard InChI is InChI=1S/C21H23N5O5.C19H18N4O5/c1-26-17-6-3-13(19(28)22-7-8-27)11-16(17)23-20(26)25-21-24-15-5-4-14(12-18(15)31-21)30-10-9-29-2;1-23-15-6-3-11(17(24)25)9-14(15)20-18(23)22-19-21-13-5-4-12(10-16(13)28-19)27-8-7-26-2/h3-6,11-12,27H,7-10H2,1-2H3,(H,22,28)(H,23,24,25);3-6,9-10H,7-8H2,1-2H3,(H,24,25)(H,20,21,22). The molecular formula is C40H41N9O10. The molecule has 0 atom stereocenters. The second-order valence-corrected chi connectivity index (χ2v) is 12.9. The first-order valence-corrected chi connectivity index (χ1v) is 18.3. The van der Waals surface area contributed by atoms with Gasteiger partial charge in [-0.2, -0.15) is 9.97 Å². The number of fused-ring (bicyclic) bond motifs is 4. The number of carboxylic acid groups (broad SMARTS) is 1. The van der Waals surface area contributed by atoms with Crippen LogP contribution in [0.15, 0.2) is 81.6 Å². The number of aryl methyl sites for hydroxylation is 2. The number of nitrogens with one attached hydrogen (secondary N) is 3. The van der Waals surface area contributed by atoms with Gasteiger partial charge in [0.05, 0.1) is 47.5 Å². The van der Waals surface area contributed by atoms with Gasteiger partial charge in [0, 0.05) is 52.6 Å². The second-order valence-electron chi connectivity index (χ2n) is 12.9. The number of ether oxygens (including phenoxy) is 4. The number of hydrogen-bond acceptors (Lipinski definition) is 15. The molecule has 0 bridgehead atoms. The van der Waals surface area contributed by atoms with Gasteiger partial charge in [0.15, 0.2) is 11.2 Å². The summed E-state index contributed by atoms with van der Waals surface area (Å²) in [7, 11) is 6.91. The number of methoxy groups -OCH3 is 2. The molecule has 19 nitrogen and oxygen atoms in total. The lowest BCUT2D eigenvalue weighted by Gasteiger charge is -2.04. The van der Waals surface area contributed by atoms with Gasteiger partial charge in [0.1, 0.15) is 35.7 Å². The van der Waals surface area contributed by atoms with Gasteiger partial charge in [0.25, 0.3) is 5.91 Å². The Kier molecular flexibility index (Phi) is 12.2. The van der Waals surface area contributed by atoms with E-state index in [4.69, 9.17) is 38.0 Å². The fraction of sp³-hybridized carbons (Fsp3) is 0.250. The summed E-state index contributed by atoms with van der Waals surface area (Å²) in [5, 5.41) is 26.8. The van der Waals surface area contributed by atoms with Gasteiger partial charge < -0.3 is 52.4 Å². The zero-order valence-corrected chi connectivity index (χ0v) is 32.5. The fourth-order valence-electron chi connectivity index (χ4n) is 5.94. The van der Waals surface area contributed by atoms with E-state index >= 15 is 0 Å². The molecule has 19 heteroatoms. The van der Waals surface area contributed by atoms with Crippen LogP contribution in [0.25, 0.3) is 44.3 Å². The Bertz CT molecular complexity index is 2750. The zero-order chi connectivity index (χ0) is 41.5. The second kappa shape index (κ2) is 17.9. The Labute approximate surface area is 335 Å². The smallest absolute Gasteiger partial charge is 0.335 e. The minimum Gasteiger partial charge on any atom is -0.491 e. The van der Waals surface area contributed by atoms with E-state index in [1.807, 2.05) is 42.9 Å². The quantitative estimate of drug-likeness (QED) is 0.0770. The van der Waals surface area contributed by atoms with Crippen molar-refractivity contribution in [3.63, 3.8) is 0 Å². The molecular weight excluding hydrogens is 766 g/mol. The summed E-state index contributed by atoms with van der Waals surface area (Å²) in [4.78, 5) is 41.1. The van der Waals surface area contributed by atoms with Crippen molar-refractivity contribution >= 4 is 80.1 Å². The van der Waals surface area contributed by atoms with Crippen molar-refractivity contribution < 1.29 is 47.6 Å². The van der Waals surface area contributed by atoms with E-state index in [0.717, 1.165) is 11.0 Å². The molecule has 8 rings (SSSR count). The normalized spacial score (nSPS) is 11.2. The molecule has 8 aromatic rings. The Hall–Kier alpha value is -7.22. The average molecular weight is 808 g/mol. The van der Waals surface area contributed by atoms with E-state index < -0.39 is 5.97 Å². The van der Waals surface area contributed by atoms with Crippen LogP contribution in [0, 0.1) is 0 Å². The van der Waals surface area contributed by atoms with Crippen LogP contribution in [0.2, 0.25) is 0 Å². The largest absolute Gasteiger partial charge is 0.491 e. The molecule has 0 aliphatic rings. The molecule has 4 heterocycles. The summed E-state index contributed by atoms with van der Waals surface area (Å²) in [5.41, 5.74) is 6.00. The number of aliphatic hydroxyl groups excluding tert-OH is 1. The van der Waals surface area contributed by atoms with Crippen LogP contribution >= 0.6 is 0 Å². The number of nitrogens with zero attached hydrogens (tertiary/aromatic N) is 6. The predicted octanol–water partition coefficient (Wildman–Crippen LogP) is 5.39. The van der Waals surface area contributed by atoms with Gasteiger partial charge in [-0.15, -0.1) is 0 Å². The van der Waals surface area contributed by atoms with E-state index in [2.05, 4.69) is 35.9 Å². The summed E-state index contributed by atoms with van der Waals surface area (Å²) in [5.74, 6) is 1.08. The van der Waals surface area contributed by atoms with Gasteiger partial charge in [-0.3, -0.25) is 15.4 Å². The highest BCUT2D eigenvalue weighted by molar-refractivity contribution is 5.98. The van der Waals surface area contributed by atoms with Crippen LogP contribution in [0.1, 0.15) is 20.7 Å². The maximum absolute atomic E-state index is 12.1. The van der Waals surface area contributed by atoms with Crippen molar-refractivity contribution in [2.24, 2.45) is 14.1 Å². The molecule has 0 fully saturated rings. The molecule has 5 N–H and O–H groups in total. The third-order valence-electron chi connectivity index (χ3n) is 8.94. The summed E-state index contributed by atoms with van der Waals surface area (Å²) in [6.45, 7) is 1.97. The highest BCUT2D eigenvalue weighted by Gasteiger charge is 2.16. The molecule has 59 heavy (non-hydrogen) atoms. The number of hydrogen-bond donors (Lipinski definition) is 5. The summed E-state index contributed by atoms with van der Waals surface area (Å²) in [6.07, 6.45) is 0.